The van der Waals surface area contributed by atoms with Gasteiger partial charge < -0.3 is 34.1 Å². The van der Waals surface area contributed by atoms with Crippen molar-refractivity contribution in [2.24, 2.45) is 0 Å². The minimum atomic E-state index is 0. The van der Waals surface area contributed by atoms with Gasteiger partial charge in [0.05, 0.1) is 0 Å². The molecule has 0 amide bonds. The number of hydrogen-bond donors (Lipinski definition) is 0. The maximum atomic E-state index is 3.60. The average molecular weight is 684 g/mol. The normalized spacial score (nSPS) is 8.26. The van der Waals surface area contributed by atoms with Gasteiger partial charge in [-0.2, -0.15) is 74.6 Å². The molecule has 4 aromatic rings. The van der Waals surface area contributed by atoms with Crippen LogP contribution in [-0.2, 0) is 52.4 Å². The quantitative estimate of drug-likeness (QED) is 0.188. The van der Waals surface area contributed by atoms with Gasteiger partial charge in [0.25, 0.3) is 0 Å². The second-order valence-electron chi connectivity index (χ2n) is 8.30. The standard InChI is InChI=1S/2C9H7.4C4H9.C3H7.2Zr/c2*1-2-5-9-7-3-6-8(9)4-1;4*1-3-4-2;1-3-2;;/h2*1-7H;4*1,3-4H2,2H3;3H,1-2H3;;/q7*-1;+3;+4. The summed E-state index contributed by atoms with van der Waals surface area (Å²) >= 11 is 0. The van der Waals surface area contributed by atoms with Crippen LogP contribution in [0.15, 0.2) is 84.9 Å². The van der Waals surface area contributed by atoms with Gasteiger partial charge in [-0.3, -0.25) is 0 Å². The molecular formula is C37H57Zr2. The van der Waals surface area contributed by atoms with E-state index in [1.54, 1.807) is 0 Å². The molecule has 0 aliphatic rings. The third kappa shape index (κ3) is 33.5. The summed E-state index contributed by atoms with van der Waals surface area (Å²) in [6.45, 7) is 26.9. The molecule has 0 bridgehead atoms. The van der Waals surface area contributed by atoms with E-state index in [9.17, 15) is 0 Å². The van der Waals surface area contributed by atoms with Crippen molar-refractivity contribution in [3.8, 4) is 0 Å². The summed E-state index contributed by atoms with van der Waals surface area (Å²) in [6.07, 6.45) is 11.1. The first-order chi connectivity index (χ1) is 18.0. The van der Waals surface area contributed by atoms with Gasteiger partial charge >= 0.3 is 52.4 Å². The molecule has 4 aromatic carbocycles. The summed E-state index contributed by atoms with van der Waals surface area (Å²) < 4.78 is 0. The number of benzene rings is 2. The molecule has 39 heavy (non-hydrogen) atoms. The second kappa shape index (κ2) is 41.9. The fraction of sp³-hybridized carbons (Fsp3) is 0.378. The van der Waals surface area contributed by atoms with E-state index in [1.807, 2.05) is 20.3 Å². The van der Waals surface area contributed by atoms with Crippen molar-refractivity contribution in [1.29, 1.82) is 0 Å². The Morgan fingerprint density at radius 1 is 0.538 bits per heavy atom. The van der Waals surface area contributed by atoms with Gasteiger partial charge in [-0.25, -0.2) is 0 Å². The predicted octanol–water partition coefficient (Wildman–Crippen LogP) is 12.8. The molecule has 0 fully saturated rings. The minimum Gasteiger partial charge on any atom is -0.343 e. The maximum absolute atomic E-state index is 3.60. The van der Waals surface area contributed by atoms with Crippen LogP contribution in [0.5, 0.6) is 0 Å². The Morgan fingerprint density at radius 2 is 0.769 bits per heavy atom. The topological polar surface area (TPSA) is 0 Å². The number of fused-ring (bicyclic) bond motifs is 2. The Bertz CT molecular complexity index is 738. The van der Waals surface area contributed by atoms with Gasteiger partial charge in [-0.05, 0) is 0 Å². The Kier molecular flexibility index (Phi) is 51.8. The fourth-order valence-corrected chi connectivity index (χ4v) is 2.14. The van der Waals surface area contributed by atoms with Crippen molar-refractivity contribution in [1.82, 2.24) is 0 Å². The molecular weight excluding hydrogens is 627 g/mol. The third-order valence-electron chi connectivity index (χ3n) is 4.51. The summed E-state index contributed by atoms with van der Waals surface area (Å²) in [5.41, 5.74) is 0. The smallest absolute Gasteiger partial charge is 0.343 e. The molecule has 0 heterocycles. The Hall–Kier alpha value is -0.574. The molecule has 0 aliphatic carbocycles. The van der Waals surface area contributed by atoms with Crippen molar-refractivity contribution < 1.29 is 52.4 Å². The molecule has 0 atom stereocenters. The Balaban J connectivity index is -0.000000121. The molecule has 4 rings (SSSR count). The Labute approximate surface area is 283 Å². The van der Waals surface area contributed by atoms with E-state index >= 15 is 0 Å². The molecule has 0 aromatic heterocycles. The van der Waals surface area contributed by atoms with E-state index < -0.39 is 0 Å². The molecule has 213 valence electrons. The molecule has 0 unspecified atom stereocenters. The molecule has 0 saturated heterocycles. The molecule has 0 N–H and O–H groups in total. The average Bonchev–Trinajstić information content (AvgIpc) is 3.64. The van der Waals surface area contributed by atoms with E-state index in [-0.39, 0.29) is 52.4 Å². The van der Waals surface area contributed by atoms with Crippen LogP contribution in [0.1, 0.15) is 92.9 Å². The van der Waals surface area contributed by atoms with E-state index in [1.165, 1.54) is 47.2 Å². The van der Waals surface area contributed by atoms with Gasteiger partial charge in [0, 0.05) is 0 Å². The minimum absolute atomic E-state index is 0. The zero-order valence-corrected chi connectivity index (χ0v) is 31.1. The zero-order valence-electron chi connectivity index (χ0n) is 26.1. The molecule has 2 heteroatoms. The predicted molar refractivity (Wildman–Crippen MR) is 176 cm³/mol. The van der Waals surface area contributed by atoms with Crippen molar-refractivity contribution in [3.63, 3.8) is 0 Å². The fourth-order valence-electron chi connectivity index (χ4n) is 2.14. The Morgan fingerprint density at radius 3 is 0.974 bits per heavy atom. The number of hydrogen-bond acceptors (Lipinski definition) is 0. The van der Waals surface area contributed by atoms with Gasteiger partial charge in [-0.15, -0.1) is 59.3 Å². The summed E-state index contributed by atoms with van der Waals surface area (Å²) in [5, 5.41) is 5.32. The first-order valence-electron chi connectivity index (χ1n) is 14.1. The first kappa shape index (κ1) is 48.2. The monoisotopic (exact) mass is 681 g/mol. The van der Waals surface area contributed by atoms with Crippen molar-refractivity contribution in [2.75, 3.05) is 0 Å². The second-order valence-corrected chi connectivity index (χ2v) is 8.30. The van der Waals surface area contributed by atoms with Crippen LogP contribution in [0.25, 0.3) is 21.5 Å². The van der Waals surface area contributed by atoms with Crippen molar-refractivity contribution in [2.45, 2.75) is 92.9 Å². The van der Waals surface area contributed by atoms with Crippen LogP contribution >= 0.6 is 0 Å². The third-order valence-corrected chi connectivity index (χ3v) is 4.51. The number of unbranched alkanes of at least 4 members (excludes halogenated alkanes) is 4. The van der Waals surface area contributed by atoms with Crippen LogP contribution in [0.3, 0.4) is 0 Å². The van der Waals surface area contributed by atoms with Crippen molar-refractivity contribution in [3.05, 3.63) is 119 Å². The van der Waals surface area contributed by atoms with E-state index in [0.29, 0.717) is 0 Å². The molecule has 0 spiro atoms. The zero-order chi connectivity index (χ0) is 28.6. The summed E-state index contributed by atoms with van der Waals surface area (Å²) in [4.78, 5) is 0. The summed E-state index contributed by atoms with van der Waals surface area (Å²) in [5.74, 6) is 0. The van der Waals surface area contributed by atoms with Crippen molar-refractivity contribution >= 4 is 21.5 Å². The molecule has 0 aliphatic heterocycles. The molecule has 1 radical (unpaired) electrons. The van der Waals surface area contributed by atoms with E-state index in [0.717, 1.165) is 25.7 Å². The molecule has 0 nitrogen and oxygen atoms in total. The van der Waals surface area contributed by atoms with Crippen LogP contribution < -0.4 is 0 Å². The van der Waals surface area contributed by atoms with E-state index in [4.69, 9.17) is 0 Å². The van der Waals surface area contributed by atoms with Gasteiger partial charge in [0.1, 0.15) is 0 Å². The molecule has 0 saturated carbocycles. The van der Waals surface area contributed by atoms with Crippen LogP contribution in [0.2, 0.25) is 0 Å². The van der Waals surface area contributed by atoms with Gasteiger partial charge in [-0.1, -0.05) is 65.5 Å². The first-order valence-corrected chi connectivity index (χ1v) is 14.1. The van der Waals surface area contributed by atoms with E-state index in [2.05, 4.69) is 140 Å². The van der Waals surface area contributed by atoms with Crippen LogP contribution in [0.4, 0.5) is 0 Å². The SMILES string of the molecule is C[CH-]C.[CH2-]CCC.[CH2-]CCC.[CH2-]CCC.[CH2-]CCC.[Zr+3].[Zr+4].c1ccc2[cH-]ccc2c1.c1ccc2[cH-]ccc2c1. The largest absolute Gasteiger partial charge is 4.00 e. The maximum Gasteiger partial charge on any atom is 4.00 e. The van der Waals surface area contributed by atoms with Crippen LogP contribution in [-0.4, -0.2) is 0 Å². The van der Waals surface area contributed by atoms with Gasteiger partial charge in [0.15, 0.2) is 0 Å². The van der Waals surface area contributed by atoms with Gasteiger partial charge in [0.2, 0.25) is 0 Å². The van der Waals surface area contributed by atoms with Crippen LogP contribution in [0, 0.1) is 34.1 Å². The number of rotatable bonds is 4. The summed E-state index contributed by atoms with van der Waals surface area (Å²) in [7, 11) is 0. The summed E-state index contributed by atoms with van der Waals surface area (Å²) in [6, 6.07) is 29.3.